The Bertz CT molecular complexity index is 248. The van der Waals surface area contributed by atoms with Gasteiger partial charge < -0.3 is 15.8 Å². The van der Waals surface area contributed by atoms with Crippen LogP contribution in [0.2, 0.25) is 0 Å². The van der Waals surface area contributed by atoms with Gasteiger partial charge in [-0.1, -0.05) is 13.3 Å². The van der Waals surface area contributed by atoms with E-state index in [1.807, 2.05) is 0 Å². The van der Waals surface area contributed by atoms with E-state index in [4.69, 9.17) is 10.5 Å². The summed E-state index contributed by atoms with van der Waals surface area (Å²) in [5, 5.41) is 2.86. The summed E-state index contributed by atoms with van der Waals surface area (Å²) in [5.74, 6) is 1.35. The van der Waals surface area contributed by atoms with Crippen molar-refractivity contribution in [2.45, 2.75) is 19.8 Å². The number of hydrogen-bond acceptors (Lipinski definition) is 4. The van der Waals surface area contributed by atoms with Gasteiger partial charge in [0.15, 0.2) is 0 Å². The number of methoxy groups -OCH3 is 1. The van der Waals surface area contributed by atoms with Gasteiger partial charge in [-0.05, 0) is 31.3 Å². The summed E-state index contributed by atoms with van der Waals surface area (Å²) in [4.78, 5) is 13.9. The lowest BCUT2D eigenvalue weighted by molar-refractivity contribution is -0.123. The average molecular weight is 257 g/mol. The molecule has 1 amide bonds. The third-order valence-electron chi connectivity index (χ3n) is 3.80. The Balaban J connectivity index is 2.28. The Hall–Kier alpha value is -0.650. The van der Waals surface area contributed by atoms with Crippen LogP contribution in [0.5, 0.6) is 0 Å². The van der Waals surface area contributed by atoms with Gasteiger partial charge in [0.2, 0.25) is 5.91 Å². The lowest BCUT2D eigenvalue weighted by Crippen LogP contribution is -2.47. The lowest BCUT2D eigenvalue weighted by Gasteiger charge is -2.37. The van der Waals surface area contributed by atoms with E-state index in [0.29, 0.717) is 31.5 Å². The molecule has 0 saturated carbocycles. The second kappa shape index (κ2) is 8.45. The van der Waals surface area contributed by atoms with Gasteiger partial charge in [-0.3, -0.25) is 9.69 Å². The van der Waals surface area contributed by atoms with Gasteiger partial charge in [0.05, 0.1) is 13.2 Å². The Kier molecular flexibility index (Phi) is 7.23. The first-order chi connectivity index (χ1) is 8.71. The molecule has 0 aromatic rings. The van der Waals surface area contributed by atoms with Crippen molar-refractivity contribution in [2.75, 3.05) is 46.4 Å². The van der Waals surface area contributed by atoms with Gasteiger partial charge in [0.1, 0.15) is 0 Å². The maximum atomic E-state index is 11.7. The van der Waals surface area contributed by atoms with E-state index in [9.17, 15) is 4.79 Å². The number of amides is 1. The standard InChI is InChI=1S/C13H27N3O2/c1-3-11-9-16(6-4-12(11)8-14)10-13(17)15-5-7-18-2/h11-12H,3-10,14H2,1-2H3,(H,15,17). The van der Waals surface area contributed by atoms with Gasteiger partial charge in [0.25, 0.3) is 0 Å². The Labute approximate surface area is 110 Å². The van der Waals surface area contributed by atoms with Crippen LogP contribution in [0.1, 0.15) is 19.8 Å². The molecule has 2 unspecified atom stereocenters. The maximum absolute atomic E-state index is 11.7. The summed E-state index contributed by atoms with van der Waals surface area (Å²) in [7, 11) is 1.63. The zero-order chi connectivity index (χ0) is 13.4. The summed E-state index contributed by atoms with van der Waals surface area (Å²) in [5.41, 5.74) is 5.79. The van der Waals surface area contributed by atoms with Gasteiger partial charge in [-0.2, -0.15) is 0 Å². The molecule has 5 nitrogen and oxygen atoms in total. The minimum absolute atomic E-state index is 0.0908. The highest BCUT2D eigenvalue weighted by molar-refractivity contribution is 5.77. The Morgan fingerprint density at radius 3 is 2.89 bits per heavy atom. The molecule has 1 saturated heterocycles. The van der Waals surface area contributed by atoms with Crippen molar-refractivity contribution in [2.24, 2.45) is 17.6 Å². The molecule has 0 aliphatic carbocycles. The number of piperidine rings is 1. The number of likely N-dealkylation sites (tertiary alicyclic amines) is 1. The van der Waals surface area contributed by atoms with Crippen LogP contribution in [0.4, 0.5) is 0 Å². The van der Waals surface area contributed by atoms with E-state index >= 15 is 0 Å². The molecule has 0 spiro atoms. The Morgan fingerprint density at radius 2 is 2.28 bits per heavy atom. The van der Waals surface area contributed by atoms with E-state index in [0.717, 1.165) is 32.5 Å². The molecule has 0 bridgehead atoms. The first-order valence-corrected chi connectivity index (χ1v) is 6.89. The minimum Gasteiger partial charge on any atom is -0.383 e. The quantitative estimate of drug-likeness (QED) is 0.633. The summed E-state index contributed by atoms with van der Waals surface area (Å²) in [6, 6.07) is 0. The lowest BCUT2D eigenvalue weighted by atomic mass is 9.84. The predicted octanol–water partition coefficient (Wildman–Crippen LogP) is 0.0558. The van der Waals surface area contributed by atoms with Crippen LogP contribution in [0.15, 0.2) is 0 Å². The van der Waals surface area contributed by atoms with Crippen LogP contribution in [-0.4, -0.2) is 57.2 Å². The molecule has 18 heavy (non-hydrogen) atoms. The molecule has 5 heteroatoms. The van der Waals surface area contributed by atoms with Crippen molar-refractivity contribution in [3.8, 4) is 0 Å². The number of rotatable bonds is 7. The second-order valence-corrected chi connectivity index (χ2v) is 5.03. The molecule has 1 fully saturated rings. The zero-order valence-electron chi connectivity index (χ0n) is 11.7. The van der Waals surface area contributed by atoms with Crippen LogP contribution in [0.3, 0.4) is 0 Å². The number of ether oxygens (including phenoxy) is 1. The highest BCUT2D eigenvalue weighted by Crippen LogP contribution is 2.24. The van der Waals surface area contributed by atoms with Crippen molar-refractivity contribution in [3.05, 3.63) is 0 Å². The van der Waals surface area contributed by atoms with Crippen LogP contribution in [0.25, 0.3) is 0 Å². The molecule has 2 atom stereocenters. The highest BCUT2D eigenvalue weighted by atomic mass is 16.5. The maximum Gasteiger partial charge on any atom is 0.234 e. The van der Waals surface area contributed by atoms with Crippen molar-refractivity contribution in [1.29, 1.82) is 0 Å². The fourth-order valence-electron chi connectivity index (χ4n) is 2.62. The predicted molar refractivity (Wildman–Crippen MR) is 72.3 cm³/mol. The second-order valence-electron chi connectivity index (χ2n) is 5.03. The van der Waals surface area contributed by atoms with E-state index in [-0.39, 0.29) is 5.91 Å². The number of nitrogens with one attached hydrogen (secondary N) is 1. The molecule has 106 valence electrons. The molecule has 0 radical (unpaired) electrons. The SMILES string of the molecule is CCC1CN(CC(=O)NCCOC)CCC1CN. The monoisotopic (exact) mass is 257 g/mol. The van der Waals surface area contributed by atoms with Gasteiger partial charge in [-0.25, -0.2) is 0 Å². The largest absolute Gasteiger partial charge is 0.383 e. The normalized spacial score (nSPS) is 25.1. The van der Waals surface area contributed by atoms with Crippen molar-refractivity contribution >= 4 is 5.91 Å². The van der Waals surface area contributed by atoms with Crippen LogP contribution in [-0.2, 0) is 9.53 Å². The number of nitrogens with two attached hydrogens (primary N) is 1. The van der Waals surface area contributed by atoms with E-state index < -0.39 is 0 Å². The first-order valence-electron chi connectivity index (χ1n) is 6.89. The van der Waals surface area contributed by atoms with E-state index in [2.05, 4.69) is 17.1 Å². The molecule has 3 N–H and O–H groups in total. The van der Waals surface area contributed by atoms with Crippen molar-refractivity contribution in [3.63, 3.8) is 0 Å². The summed E-state index contributed by atoms with van der Waals surface area (Å²) in [6.45, 7) is 6.61. The first kappa shape index (κ1) is 15.4. The molecular weight excluding hydrogens is 230 g/mol. The smallest absolute Gasteiger partial charge is 0.234 e. The zero-order valence-corrected chi connectivity index (χ0v) is 11.7. The molecule has 0 aromatic heterocycles. The average Bonchev–Trinajstić information content (AvgIpc) is 2.39. The van der Waals surface area contributed by atoms with Gasteiger partial charge in [-0.15, -0.1) is 0 Å². The summed E-state index contributed by atoms with van der Waals surface area (Å²) in [6.07, 6.45) is 2.25. The van der Waals surface area contributed by atoms with Crippen LogP contribution >= 0.6 is 0 Å². The molecular formula is C13H27N3O2. The number of carbonyl (C=O) groups is 1. The summed E-state index contributed by atoms with van der Waals surface area (Å²) >= 11 is 0. The van der Waals surface area contributed by atoms with Gasteiger partial charge in [0, 0.05) is 20.2 Å². The Morgan fingerprint density at radius 1 is 1.50 bits per heavy atom. The highest BCUT2D eigenvalue weighted by Gasteiger charge is 2.27. The molecule has 1 aliphatic heterocycles. The van der Waals surface area contributed by atoms with Crippen LogP contribution < -0.4 is 11.1 Å². The molecule has 1 rings (SSSR count). The number of nitrogens with zero attached hydrogens (tertiary/aromatic N) is 1. The topological polar surface area (TPSA) is 67.6 Å². The summed E-state index contributed by atoms with van der Waals surface area (Å²) < 4.78 is 4.90. The fourth-order valence-corrected chi connectivity index (χ4v) is 2.62. The fraction of sp³-hybridized carbons (Fsp3) is 0.923. The van der Waals surface area contributed by atoms with E-state index in [1.165, 1.54) is 0 Å². The number of carbonyl (C=O) groups excluding carboxylic acids is 1. The minimum atomic E-state index is 0.0908. The third-order valence-corrected chi connectivity index (χ3v) is 3.80. The third kappa shape index (κ3) is 4.92. The molecule has 0 aromatic carbocycles. The van der Waals surface area contributed by atoms with Crippen molar-refractivity contribution < 1.29 is 9.53 Å². The van der Waals surface area contributed by atoms with E-state index in [1.54, 1.807) is 7.11 Å². The number of hydrogen-bond donors (Lipinski definition) is 2. The molecule has 1 aliphatic rings. The van der Waals surface area contributed by atoms with Gasteiger partial charge >= 0.3 is 0 Å². The molecule has 1 heterocycles. The van der Waals surface area contributed by atoms with Crippen LogP contribution in [0, 0.1) is 11.8 Å². The van der Waals surface area contributed by atoms with Crippen molar-refractivity contribution in [1.82, 2.24) is 10.2 Å².